The summed E-state index contributed by atoms with van der Waals surface area (Å²) in [5.74, 6) is 0.442. The van der Waals surface area contributed by atoms with Crippen LogP contribution in [0.4, 0.5) is 4.39 Å². The van der Waals surface area contributed by atoms with Gasteiger partial charge in [0.25, 0.3) is 0 Å². The Kier molecular flexibility index (Phi) is 2.89. The van der Waals surface area contributed by atoms with Crippen molar-refractivity contribution in [3.8, 4) is 0 Å². The normalized spacial score (nSPS) is 24.7. The monoisotopic (exact) mass is 244 g/mol. The molecule has 1 aromatic rings. The van der Waals surface area contributed by atoms with Crippen molar-refractivity contribution in [2.45, 2.75) is 5.25 Å². The van der Waals surface area contributed by atoms with Crippen LogP contribution >= 0.6 is 23.4 Å². The Bertz CT molecular complexity index is 392. The summed E-state index contributed by atoms with van der Waals surface area (Å²) in [6, 6.07) is 4.47. The molecule has 1 heterocycles. The van der Waals surface area contributed by atoms with Crippen LogP contribution in [0.25, 0.3) is 0 Å². The molecule has 1 aromatic carbocycles. The third-order valence-electron chi connectivity index (χ3n) is 2.31. The highest BCUT2D eigenvalue weighted by atomic mass is 35.5. The van der Waals surface area contributed by atoms with Gasteiger partial charge in [-0.3, -0.25) is 4.79 Å². The van der Waals surface area contributed by atoms with Gasteiger partial charge in [0.15, 0.2) is 0 Å². The predicted octanol–water partition coefficient (Wildman–Crippen LogP) is 2.53. The van der Waals surface area contributed by atoms with Crippen LogP contribution in [0.2, 0.25) is 5.02 Å². The molecule has 0 spiro atoms. The van der Waals surface area contributed by atoms with Gasteiger partial charge in [-0.05, 0) is 12.1 Å². The highest BCUT2D eigenvalue weighted by Gasteiger charge is 2.40. The molecule has 2 nitrogen and oxygen atoms in total. The van der Waals surface area contributed by atoms with E-state index < -0.39 is 11.8 Å². The molecule has 2 N–H and O–H groups in total. The number of amides is 1. The Balaban J connectivity index is 2.34. The quantitative estimate of drug-likeness (QED) is 0.869. The molecule has 0 aromatic heterocycles. The van der Waals surface area contributed by atoms with Crippen LogP contribution in [0, 0.1) is 17.5 Å². The first-order valence-corrected chi connectivity index (χ1v) is 5.65. The van der Waals surface area contributed by atoms with Crippen molar-refractivity contribution < 1.29 is 9.18 Å². The van der Waals surface area contributed by atoms with E-state index in [1.165, 1.54) is 23.9 Å². The van der Waals surface area contributed by atoms with Crippen molar-refractivity contribution in [3.63, 3.8) is 0 Å². The van der Waals surface area contributed by atoms with Crippen molar-refractivity contribution in [1.82, 2.24) is 0 Å². The van der Waals surface area contributed by atoms with Gasteiger partial charge in [0, 0.05) is 21.6 Å². The molecule has 1 fully saturated rings. The highest BCUT2D eigenvalue weighted by Crippen LogP contribution is 2.53. The molecule has 0 saturated carbocycles. The van der Waals surface area contributed by atoms with Gasteiger partial charge in [0.2, 0.25) is 5.91 Å². The third-order valence-corrected chi connectivity index (χ3v) is 3.91. The molecule has 1 amide bonds. The topological polar surface area (TPSA) is 43.1 Å². The van der Waals surface area contributed by atoms with Gasteiger partial charge >= 0.3 is 0 Å². The maximum atomic E-state index is 13.5. The largest absolute Gasteiger partial charge is 0.369 e. The minimum absolute atomic E-state index is 0.281. The van der Waals surface area contributed by atoms with Gasteiger partial charge in [0.1, 0.15) is 5.82 Å². The van der Waals surface area contributed by atoms with Gasteiger partial charge < -0.3 is 5.73 Å². The lowest BCUT2D eigenvalue weighted by molar-refractivity contribution is -0.120. The van der Waals surface area contributed by atoms with Gasteiger partial charge in [-0.15, -0.1) is 11.8 Å². The van der Waals surface area contributed by atoms with Crippen LogP contribution in [0.5, 0.6) is 0 Å². The number of benzene rings is 1. The van der Waals surface area contributed by atoms with E-state index in [9.17, 15) is 9.18 Å². The molecule has 1 aliphatic rings. The number of hydrogen-bond donors (Lipinski definition) is 1. The number of rotatable bonds is 2. The summed E-state index contributed by atoms with van der Waals surface area (Å²) in [5, 5.41) is 0.0584. The summed E-state index contributed by atoms with van der Waals surface area (Å²) in [6.45, 7) is 0. The number of carbonyl (C=O) groups is 1. The fourth-order valence-electron chi connectivity index (χ4n) is 1.48. The zero-order valence-electron chi connectivity index (χ0n) is 7.61. The van der Waals surface area contributed by atoms with Crippen molar-refractivity contribution in [2.24, 2.45) is 11.7 Å². The van der Waals surface area contributed by atoms with Crippen LogP contribution in [-0.2, 0) is 4.79 Å². The minimum Gasteiger partial charge on any atom is -0.369 e. The second-order valence-corrected chi connectivity index (χ2v) is 4.72. The number of thioether (sulfide) groups is 1. The smallest absolute Gasteiger partial charge is 0.223 e. The molecule has 1 radical (unpaired) electrons. The number of primary amides is 1. The van der Waals surface area contributed by atoms with Gasteiger partial charge in [-0.25, -0.2) is 4.39 Å². The maximum absolute atomic E-state index is 13.5. The summed E-state index contributed by atoms with van der Waals surface area (Å²) in [4.78, 5) is 11.0. The number of carbonyl (C=O) groups excluding carboxylic acids is 1. The Morgan fingerprint density at radius 3 is 2.73 bits per heavy atom. The van der Waals surface area contributed by atoms with Crippen molar-refractivity contribution in [2.75, 3.05) is 0 Å². The van der Waals surface area contributed by atoms with Crippen LogP contribution in [0.1, 0.15) is 10.8 Å². The highest BCUT2D eigenvalue weighted by molar-refractivity contribution is 8.03. The Morgan fingerprint density at radius 1 is 1.53 bits per heavy atom. The number of nitrogens with two attached hydrogens (primary N) is 1. The number of hydrogen-bond acceptors (Lipinski definition) is 2. The van der Waals surface area contributed by atoms with Crippen LogP contribution < -0.4 is 5.73 Å². The predicted molar refractivity (Wildman–Crippen MR) is 58.7 cm³/mol. The average Bonchev–Trinajstić information content (AvgIpc) is 2.08. The molecule has 79 valence electrons. The zero-order valence-corrected chi connectivity index (χ0v) is 9.19. The molecule has 0 bridgehead atoms. The molecule has 2 atom stereocenters. The first-order chi connectivity index (χ1) is 7.11. The molecule has 1 saturated heterocycles. The standard InChI is InChI=1S/C10H8ClFNOS/c11-6-2-1-3-7(12)8(6)9-5(4-15-9)10(13)14/h1-5,9H,(H2,13,14). The second kappa shape index (κ2) is 4.02. The van der Waals surface area contributed by atoms with Gasteiger partial charge in [-0.2, -0.15) is 0 Å². The van der Waals surface area contributed by atoms with Crippen LogP contribution in [0.15, 0.2) is 18.2 Å². The van der Waals surface area contributed by atoms with Crippen LogP contribution in [0.3, 0.4) is 0 Å². The molecule has 5 heteroatoms. The van der Waals surface area contributed by atoms with Gasteiger partial charge in [-0.1, -0.05) is 17.7 Å². The molecule has 2 unspecified atom stereocenters. The van der Waals surface area contributed by atoms with E-state index in [1.54, 1.807) is 11.8 Å². The summed E-state index contributed by atoms with van der Waals surface area (Å²) < 4.78 is 13.5. The van der Waals surface area contributed by atoms with E-state index in [2.05, 4.69) is 0 Å². The average molecular weight is 245 g/mol. The summed E-state index contributed by atoms with van der Waals surface area (Å²) in [7, 11) is 0. The Labute approximate surface area is 96.0 Å². The van der Waals surface area contributed by atoms with Crippen molar-refractivity contribution in [1.29, 1.82) is 0 Å². The third kappa shape index (κ3) is 1.84. The first-order valence-electron chi connectivity index (χ1n) is 4.33. The number of halogens is 2. The molecule has 15 heavy (non-hydrogen) atoms. The van der Waals surface area contributed by atoms with E-state index >= 15 is 0 Å². The van der Waals surface area contributed by atoms with Crippen molar-refractivity contribution in [3.05, 3.63) is 40.4 Å². The lowest BCUT2D eigenvalue weighted by Crippen LogP contribution is -2.33. The maximum Gasteiger partial charge on any atom is 0.223 e. The lowest BCUT2D eigenvalue weighted by Gasteiger charge is -2.34. The van der Waals surface area contributed by atoms with E-state index in [-0.39, 0.29) is 11.1 Å². The summed E-state index contributed by atoms with van der Waals surface area (Å²) in [6.07, 6.45) is 0. The fraction of sp³-hybridized carbons (Fsp3) is 0.200. The van der Waals surface area contributed by atoms with E-state index in [4.69, 9.17) is 17.3 Å². The SMILES string of the molecule is NC(=O)C1[CH]SC1c1c(F)cccc1Cl. The molecular formula is C10H8ClFNOS. The minimum atomic E-state index is -0.446. The lowest BCUT2D eigenvalue weighted by atomic mass is 9.98. The molecular weight excluding hydrogens is 237 g/mol. The fourth-order valence-corrected chi connectivity index (χ4v) is 2.94. The first kappa shape index (κ1) is 10.8. The zero-order chi connectivity index (χ0) is 11.0. The van der Waals surface area contributed by atoms with E-state index in [0.717, 1.165) is 0 Å². The second-order valence-electron chi connectivity index (χ2n) is 3.26. The van der Waals surface area contributed by atoms with Crippen molar-refractivity contribution >= 4 is 29.3 Å². The Morgan fingerprint density at radius 2 is 2.27 bits per heavy atom. The van der Waals surface area contributed by atoms with E-state index in [1.807, 2.05) is 0 Å². The summed E-state index contributed by atoms with van der Waals surface area (Å²) in [5.41, 5.74) is 5.55. The van der Waals surface area contributed by atoms with Gasteiger partial charge in [0.05, 0.1) is 5.92 Å². The molecule has 1 aliphatic heterocycles. The summed E-state index contributed by atoms with van der Waals surface area (Å²) >= 11 is 7.26. The van der Waals surface area contributed by atoms with Crippen LogP contribution in [-0.4, -0.2) is 5.91 Å². The molecule has 2 rings (SSSR count). The Hall–Kier alpha value is -0.740. The van der Waals surface area contributed by atoms with E-state index in [0.29, 0.717) is 10.6 Å². The molecule has 0 aliphatic carbocycles.